The zero-order chi connectivity index (χ0) is 11.1. The van der Waals surface area contributed by atoms with Gasteiger partial charge in [0.15, 0.2) is 11.6 Å². The molecule has 6 nitrogen and oxygen atoms in total. The minimum atomic E-state index is -0.683. The van der Waals surface area contributed by atoms with E-state index in [2.05, 4.69) is 0 Å². The monoisotopic (exact) mass is 202 g/mol. The number of rotatable bonds is 7. The van der Waals surface area contributed by atoms with Crippen molar-refractivity contribution < 1.29 is 9.59 Å². The van der Waals surface area contributed by atoms with Crippen LogP contribution in [0.3, 0.4) is 0 Å². The average molecular weight is 202 g/mol. The summed E-state index contributed by atoms with van der Waals surface area (Å²) in [7, 11) is 0. The quantitative estimate of drug-likeness (QED) is 0.359. The molecule has 8 N–H and O–H groups in total. The summed E-state index contributed by atoms with van der Waals surface area (Å²) < 4.78 is 0. The van der Waals surface area contributed by atoms with E-state index in [9.17, 15) is 9.59 Å². The van der Waals surface area contributed by atoms with Gasteiger partial charge in [0.05, 0.1) is 12.1 Å². The highest BCUT2D eigenvalue weighted by molar-refractivity contribution is 5.91. The molecule has 0 aliphatic carbocycles. The van der Waals surface area contributed by atoms with Gasteiger partial charge in [-0.3, -0.25) is 9.59 Å². The lowest BCUT2D eigenvalue weighted by molar-refractivity contribution is -0.125. The van der Waals surface area contributed by atoms with Crippen LogP contribution >= 0.6 is 0 Å². The van der Waals surface area contributed by atoms with Crippen LogP contribution in [0.4, 0.5) is 0 Å². The minimum absolute atomic E-state index is 0.0882. The van der Waals surface area contributed by atoms with Crippen LogP contribution in [0.5, 0.6) is 0 Å². The first-order valence-electron chi connectivity index (χ1n) is 4.49. The molecule has 0 bridgehead atoms. The Kier molecular flexibility index (Phi) is 6.22. The molecule has 0 aliphatic heterocycles. The Morgan fingerprint density at radius 2 is 1.14 bits per heavy atom. The molecule has 0 saturated carbocycles. The van der Waals surface area contributed by atoms with E-state index in [-0.39, 0.29) is 37.5 Å². The maximum atomic E-state index is 11.2. The van der Waals surface area contributed by atoms with Crippen LogP contribution in [0, 0.1) is 0 Å². The van der Waals surface area contributed by atoms with Crippen molar-refractivity contribution in [2.75, 3.05) is 13.1 Å². The number of Topliss-reactive ketones (excluding diaryl/α,β-unsaturated/α-hetero) is 2. The highest BCUT2D eigenvalue weighted by Gasteiger charge is 2.16. The van der Waals surface area contributed by atoms with E-state index in [0.717, 1.165) is 0 Å². The Balaban J connectivity index is 3.83. The van der Waals surface area contributed by atoms with Crippen molar-refractivity contribution in [3.63, 3.8) is 0 Å². The third kappa shape index (κ3) is 4.43. The summed E-state index contributed by atoms with van der Waals surface area (Å²) in [6.07, 6.45) is 0.176. The molecule has 0 aromatic rings. The first-order chi connectivity index (χ1) is 6.52. The first kappa shape index (κ1) is 13.2. The van der Waals surface area contributed by atoms with Crippen molar-refractivity contribution in [3.05, 3.63) is 0 Å². The molecule has 82 valence electrons. The van der Waals surface area contributed by atoms with Gasteiger partial charge >= 0.3 is 0 Å². The Morgan fingerprint density at radius 1 is 0.857 bits per heavy atom. The van der Waals surface area contributed by atoms with Gasteiger partial charge in [0.2, 0.25) is 0 Å². The lowest BCUT2D eigenvalue weighted by atomic mass is 10.0. The average Bonchev–Trinajstić information content (AvgIpc) is 2.22. The summed E-state index contributed by atoms with van der Waals surface area (Å²) in [5, 5.41) is 0. The van der Waals surface area contributed by atoms with Crippen LogP contribution in [0.1, 0.15) is 12.8 Å². The molecule has 0 fully saturated rings. The van der Waals surface area contributed by atoms with E-state index >= 15 is 0 Å². The number of ketones is 2. The summed E-state index contributed by atoms with van der Waals surface area (Å²) in [6, 6.07) is -1.37. The standard InChI is InChI=1S/C8H18N4O2/c9-3-5(11)7(13)1-2-8(14)6(12)4-10/h5-6H,1-4,9-12H2. The zero-order valence-electron chi connectivity index (χ0n) is 8.11. The normalized spacial score (nSPS) is 14.9. The maximum absolute atomic E-state index is 11.2. The fourth-order valence-corrected chi connectivity index (χ4v) is 0.880. The largest absolute Gasteiger partial charge is 0.328 e. The molecule has 0 heterocycles. The molecule has 0 aliphatic rings. The number of nitrogens with two attached hydrogens (primary N) is 4. The Morgan fingerprint density at radius 3 is 1.36 bits per heavy atom. The Bertz CT molecular complexity index is 186. The van der Waals surface area contributed by atoms with Crippen LogP contribution in [-0.4, -0.2) is 36.7 Å². The van der Waals surface area contributed by atoms with Gasteiger partial charge in [-0.1, -0.05) is 0 Å². The summed E-state index contributed by atoms with van der Waals surface area (Å²) in [5.41, 5.74) is 21.1. The van der Waals surface area contributed by atoms with Crippen molar-refractivity contribution in [1.29, 1.82) is 0 Å². The van der Waals surface area contributed by atoms with Crippen molar-refractivity contribution in [2.45, 2.75) is 24.9 Å². The van der Waals surface area contributed by atoms with Gasteiger partial charge in [-0.05, 0) is 0 Å². The van der Waals surface area contributed by atoms with E-state index in [1.165, 1.54) is 0 Å². The van der Waals surface area contributed by atoms with Gasteiger partial charge in [0.1, 0.15) is 0 Å². The molecular formula is C8H18N4O2. The Hall–Kier alpha value is -0.820. The van der Waals surface area contributed by atoms with Crippen LogP contribution in [-0.2, 0) is 9.59 Å². The van der Waals surface area contributed by atoms with Gasteiger partial charge in [-0.25, -0.2) is 0 Å². The second kappa shape index (κ2) is 6.61. The van der Waals surface area contributed by atoms with Gasteiger partial charge < -0.3 is 22.9 Å². The Labute approximate surface area is 83.0 Å². The molecule has 2 atom stereocenters. The molecule has 2 unspecified atom stereocenters. The summed E-state index contributed by atoms with van der Waals surface area (Å²) in [4.78, 5) is 22.3. The summed E-state index contributed by atoms with van der Waals surface area (Å²) >= 11 is 0. The van der Waals surface area contributed by atoms with Crippen molar-refractivity contribution >= 4 is 11.6 Å². The molecule has 0 saturated heterocycles. The van der Waals surface area contributed by atoms with Crippen molar-refractivity contribution in [1.82, 2.24) is 0 Å². The third-order valence-corrected chi connectivity index (χ3v) is 1.95. The SMILES string of the molecule is NCC(N)C(=O)CCC(=O)C(N)CN. The van der Waals surface area contributed by atoms with Gasteiger partial charge in [-0.15, -0.1) is 0 Å². The number of hydrogen-bond donors (Lipinski definition) is 4. The molecule has 0 aromatic carbocycles. The molecule has 0 spiro atoms. The molecule has 6 heteroatoms. The predicted molar refractivity (Wildman–Crippen MR) is 53.3 cm³/mol. The molecule has 0 radical (unpaired) electrons. The second-order valence-corrected chi connectivity index (χ2v) is 3.12. The van der Waals surface area contributed by atoms with Crippen molar-refractivity contribution in [3.8, 4) is 0 Å². The zero-order valence-corrected chi connectivity index (χ0v) is 8.11. The van der Waals surface area contributed by atoms with Gasteiger partial charge in [0.25, 0.3) is 0 Å². The van der Waals surface area contributed by atoms with Crippen LogP contribution in [0.2, 0.25) is 0 Å². The minimum Gasteiger partial charge on any atom is -0.328 e. The van der Waals surface area contributed by atoms with E-state index in [4.69, 9.17) is 22.9 Å². The lowest BCUT2D eigenvalue weighted by Gasteiger charge is -2.09. The van der Waals surface area contributed by atoms with E-state index in [0.29, 0.717) is 0 Å². The predicted octanol–water partition coefficient (Wildman–Crippen LogP) is -2.52. The fraction of sp³-hybridized carbons (Fsp3) is 0.750. The molecule has 0 aromatic heterocycles. The topological polar surface area (TPSA) is 138 Å². The van der Waals surface area contributed by atoms with Gasteiger partial charge in [-0.2, -0.15) is 0 Å². The second-order valence-electron chi connectivity index (χ2n) is 3.12. The molecular weight excluding hydrogens is 184 g/mol. The first-order valence-corrected chi connectivity index (χ1v) is 4.49. The number of carbonyl (C=O) groups excluding carboxylic acids is 2. The number of carbonyl (C=O) groups is 2. The van der Waals surface area contributed by atoms with E-state index < -0.39 is 12.1 Å². The van der Waals surface area contributed by atoms with Crippen LogP contribution < -0.4 is 22.9 Å². The highest BCUT2D eigenvalue weighted by atomic mass is 16.1. The molecule has 14 heavy (non-hydrogen) atoms. The summed E-state index contributed by atoms with van der Waals surface area (Å²) in [6.45, 7) is 0.186. The molecule has 0 amide bonds. The van der Waals surface area contributed by atoms with E-state index in [1.54, 1.807) is 0 Å². The van der Waals surface area contributed by atoms with Crippen molar-refractivity contribution in [2.24, 2.45) is 22.9 Å². The molecule has 0 rings (SSSR count). The lowest BCUT2D eigenvalue weighted by Crippen LogP contribution is -2.40. The third-order valence-electron chi connectivity index (χ3n) is 1.95. The van der Waals surface area contributed by atoms with Crippen LogP contribution in [0.25, 0.3) is 0 Å². The maximum Gasteiger partial charge on any atom is 0.151 e. The summed E-state index contributed by atoms with van der Waals surface area (Å²) in [5.74, 6) is -0.435. The van der Waals surface area contributed by atoms with Crippen LogP contribution in [0.15, 0.2) is 0 Å². The fourth-order valence-electron chi connectivity index (χ4n) is 0.880. The van der Waals surface area contributed by atoms with E-state index in [1.807, 2.05) is 0 Å². The highest BCUT2D eigenvalue weighted by Crippen LogP contribution is 1.97. The smallest absolute Gasteiger partial charge is 0.151 e. The van der Waals surface area contributed by atoms with Gasteiger partial charge in [0, 0.05) is 25.9 Å². The number of hydrogen-bond acceptors (Lipinski definition) is 6.